The molecule has 10 heteroatoms. The minimum atomic E-state index is -0.706. The number of nitrogens with one attached hydrogen (secondary N) is 1. The fourth-order valence-corrected chi connectivity index (χ4v) is 5.23. The van der Waals surface area contributed by atoms with Gasteiger partial charge in [0, 0.05) is 38.9 Å². The summed E-state index contributed by atoms with van der Waals surface area (Å²) in [7, 11) is 2.12. The normalized spacial score (nSPS) is 20.2. The van der Waals surface area contributed by atoms with Crippen molar-refractivity contribution in [1.29, 1.82) is 0 Å². The van der Waals surface area contributed by atoms with Crippen molar-refractivity contribution >= 4 is 29.3 Å². The summed E-state index contributed by atoms with van der Waals surface area (Å²) in [5.41, 5.74) is 2.06. The van der Waals surface area contributed by atoms with Crippen molar-refractivity contribution in [2.24, 2.45) is 5.92 Å². The van der Waals surface area contributed by atoms with Crippen LogP contribution in [-0.2, 0) is 25.5 Å². The second kappa shape index (κ2) is 12.3. The van der Waals surface area contributed by atoms with Gasteiger partial charge in [-0.15, -0.1) is 0 Å². The molecule has 2 unspecified atom stereocenters. The lowest BCUT2D eigenvalue weighted by atomic mass is 9.90. The fraction of sp³-hybridized carbons (Fsp3) is 0.567. The standard InChI is InChI=1S/C30H42N6O4/c1-20-7-9-25(22-8-10-26(32-17-22)35-13-11-34(6)12-14-35)36(19-20)29(39)28(38)33-23-15-21(2)24(31-18-23)16-27(37)40-30(3,4)5/h8,10,15,17-18,20,25H,7,9,11-14,16,19H2,1-6H3,(H,33,38). The molecular weight excluding hydrogens is 508 g/mol. The number of aryl methyl sites for hydroxylation is 1. The summed E-state index contributed by atoms with van der Waals surface area (Å²) in [6.07, 6.45) is 5.10. The van der Waals surface area contributed by atoms with E-state index in [0.717, 1.165) is 56.0 Å². The average molecular weight is 551 g/mol. The summed E-state index contributed by atoms with van der Waals surface area (Å²) in [6.45, 7) is 13.7. The number of aromatic nitrogens is 2. The number of anilines is 2. The Morgan fingerprint density at radius 3 is 2.40 bits per heavy atom. The lowest BCUT2D eigenvalue weighted by molar-refractivity contribution is -0.154. The zero-order valence-corrected chi connectivity index (χ0v) is 24.6. The van der Waals surface area contributed by atoms with E-state index in [1.54, 1.807) is 11.0 Å². The zero-order chi connectivity index (χ0) is 29.0. The third-order valence-electron chi connectivity index (χ3n) is 7.43. The van der Waals surface area contributed by atoms with E-state index in [1.165, 1.54) is 6.20 Å². The first-order chi connectivity index (χ1) is 18.9. The van der Waals surface area contributed by atoms with Crippen LogP contribution in [0.2, 0.25) is 0 Å². The third-order valence-corrected chi connectivity index (χ3v) is 7.43. The van der Waals surface area contributed by atoms with E-state index in [2.05, 4.69) is 34.1 Å². The van der Waals surface area contributed by atoms with E-state index in [1.807, 2.05) is 46.0 Å². The average Bonchev–Trinajstić information content (AvgIpc) is 2.89. The maximum Gasteiger partial charge on any atom is 0.313 e. The summed E-state index contributed by atoms with van der Waals surface area (Å²) < 4.78 is 5.38. The zero-order valence-electron chi connectivity index (χ0n) is 24.6. The van der Waals surface area contributed by atoms with E-state index in [4.69, 9.17) is 9.72 Å². The smallest absolute Gasteiger partial charge is 0.313 e. The monoisotopic (exact) mass is 550 g/mol. The molecule has 2 aromatic rings. The lowest BCUT2D eigenvalue weighted by Crippen LogP contribution is -2.46. The van der Waals surface area contributed by atoms with Crippen LogP contribution in [0.4, 0.5) is 11.5 Å². The maximum absolute atomic E-state index is 13.4. The molecule has 2 fully saturated rings. The Kier molecular flexibility index (Phi) is 9.08. The Hall–Kier alpha value is -3.53. The number of pyridine rings is 2. The van der Waals surface area contributed by atoms with Crippen LogP contribution in [0, 0.1) is 12.8 Å². The molecular formula is C30H42N6O4. The van der Waals surface area contributed by atoms with Gasteiger partial charge in [-0.25, -0.2) is 4.98 Å². The number of hydrogen-bond donors (Lipinski definition) is 1. The van der Waals surface area contributed by atoms with Gasteiger partial charge in [0.2, 0.25) is 0 Å². The molecule has 2 aliphatic rings. The molecule has 0 aromatic carbocycles. The van der Waals surface area contributed by atoms with Crippen LogP contribution in [0.1, 0.15) is 63.4 Å². The Bertz CT molecular complexity index is 1220. The molecule has 2 aromatic heterocycles. The van der Waals surface area contributed by atoms with Gasteiger partial charge in [0.05, 0.1) is 30.0 Å². The summed E-state index contributed by atoms with van der Waals surface area (Å²) >= 11 is 0. The minimum Gasteiger partial charge on any atom is -0.460 e. The number of carbonyl (C=O) groups excluding carboxylic acids is 3. The fourth-order valence-electron chi connectivity index (χ4n) is 5.23. The van der Waals surface area contributed by atoms with Gasteiger partial charge >= 0.3 is 17.8 Å². The Morgan fingerprint density at radius 2 is 1.77 bits per heavy atom. The number of hydrogen-bond acceptors (Lipinski definition) is 8. The van der Waals surface area contributed by atoms with Crippen molar-refractivity contribution in [3.63, 3.8) is 0 Å². The number of amides is 2. The van der Waals surface area contributed by atoms with Crippen molar-refractivity contribution in [3.05, 3.63) is 47.4 Å². The van der Waals surface area contributed by atoms with Crippen molar-refractivity contribution < 1.29 is 19.1 Å². The molecule has 1 N–H and O–H groups in total. The number of rotatable bonds is 5. The third kappa shape index (κ3) is 7.56. The van der Waals surface area contributed by atoms with Crippen LogP contribution in [0.3, 0.4) is 0 Å². The number of likely N-dealkylation sites (tertiary alicyclic amines) is 1. The van der Waals surface area contributed by atoms with Crippen LogP contribution in [0.5, 0.6) is 0 Å². The summed E-state index contributed by atoms with van der Waals surface area (Å²) in [6, 6.07) is 5.57. The minimum absolute atomic E-state index is 0.0330. The van der Waals surface area contributed by atoms with Crippen molar-refractivity contribution in [2.45, 2.75) is 65.5 Å². The molecule has 40 heavy (non-hydrogen) atoms. The first-order valence-corrected chi connectivity index (χ1v) is 14.1. The molecule has 2 saturated heterocycles. The van der Waals surface area contributed by atoms with Crippen LogP contribution in [0.15, 0.2) is 30.6 Å². The number of esters is 1. The molecule has 0 spiro atoms. The van der Waals surface area contributed by atoms with E-state index in [-0.39, 0.29) is 18.4 Å². The van der Waals surface area contributed by atoms with E-state index >= 15 is 0 Å². The maximum atomic E-state index is 13.4. The second-order valence-corrected chi connectivity index (χ2v) is 12.1. The number of nitrogens with zero attached hydrogens (tertiary/aromatic N) is 5. The Labute approximate surface area is 237 Å². The molecule has 0 radical (unpaired) electrons. The highest BCUT2D eigenvalue weighted by Crippen LogP contribution is 2.34. The molecule has 10 nitrogen and oxygen atoms in total. The highest BCUT2D eigenvalue weighted by Gasteiger charge is 2.34. The Morgan fingerprint density at radius 1 is 1.05 bits per heavy atom. The lowest BCUT2D eigenvalue weighted by Gasteiger charge is -2.38. The van der Waals surface area contributed by atoms with Gasteiger partial charge in [0.15, 0.2) is 0 Å². The molecule has 0 saturated carbocycles. The predicted octanol–water partition coefficient (Wildman–Crippen LogP) is 3.36. The topological polar surface area (TPSA) is 108 Å². The van der Waals surface area contributed by atoms with Crippen molar-refractivity contribution in [2.75, 3.05) is 50.0 Å². The summed E-state index contributed by atoms with van der Waals surface area (Å²) in [5, 5.41) is 2.71. The number of carbonyl (C=O) groups is 3. The van der Waals surface area contributed by atoms with Gasteiger partial charge in [-0.3, -0.25) is 19.4 Å². The summed E-state index contributed by atoms with van der Waals surface area (Å²) in [5.74, 6) is -0.417. The summed E-state index contributed by atoms with van der Waals surface area (Å²) in [4.78, 5) is 54.0. The largest absolute Gasteiger partial charge is 0.460 e. The van der Waals surface area contributed by atoms with Gasteiger partial charge in [0.1, 0.15) is 11.4 Å². The molecule has 2 amide bonds. The molecule has 2 aliphatic heterocycles. The van der Waals surface area contributed by atoms with Crippen molar-refractivity contribution in [1.82, 2.24) is 19.8 Å². The highest BCUT2D eigenvalue weighted by molar-refractivity contribution is 6.39. The first-order valence-electron chi connectivity index (χ1n) is 14.1. The number of ether oxygens (including phenoxy) is 1. The van der Waals surface area contributed by atoms with Crippen molar-refractivity contribution in [3.8, 4) is 0 Å². The van der Waals surface area contributed by atoms with Gasteiger partial charge in [0.25, 0.3) is 0 Å². The molecule has 2 atom stereocenters. The van der Waals surface area contributed by atoms with Crippen LogP contribution in [-0.4, -0.2) is 82.9 Å². The van der Waals surface area contributed by atoms with Crippen LogP contribution >= 0.6 is 0 Å². The number of piperazine rings is 1. The highest BCUT2D eigenvalue weighted by atomic mass is 16.6. The van der Waals surface area contributed by atoms with Gasteiger partial charge in [-0.2, -0.15) is 0 Å². The predicted molar refractivity (Wildman–Crippen MR) is 154 cm³/mol. The first kappa shape index (κ1) is 29.5. The van der Waals surface area contributed by atoms with Gasteiger partial charge in [-0.05, 0) is 76.8 Å². The quantitative estimate of drug-likeness (QED) is 0.446. The van der Waals surface area contributed by atoms with E-state index in [0.29, 0.717) is 23.8 Å². The van der Waals surface area contributed by atoms with E-state index in [9.17, 15) is 14.4 Å². The molecule has 4 rings (SSSR count). The second-order valence-electron chi connectivity index (χ2n) is 12.1. The van der Waals surface area contributed by atoms with Gasteiger partial charge < -0.3 is 24.8 Å². The van der Waals surface area contributed by atoms with Crippen LogP contribution in [0.25, 0.3) is 0 Å². The van der Waals surface area contributed by atoms with E-state index < -0.39 is 17.4 Å². The molecule has 4 heterocycles. The van der Waals surface area contributed by atoms with Crippen LogP contribution < -0.4 is 10.2 Å². The van der Waals surface area contributed by atoms with Gasteiger partial charge in [-0.1, -0.05) is 13.0 Å². The molecule has 0 bridgehead atoms. The number of likely N-dealkylation sites (N-methyl/N-ethyl adjacent to an activating group) is 1. The SMILES string of the molecule is Cc1cc(NC(=O)C(=O)N2CC(C)CCC2c2ccc(N3CCN(C)CC3)nc2)cnc1CC(=O)OC(C)(C)C. The molecule has 216 valence electrons. The Balaban J connectivity index is 1.42. The molecule has 0 aliphatic carbocycles. The number of piperidine rings is 1.